The van der Waals surface area contributed by atoms with Crippen molar-refractivity contribution in [3.05, 3.63) is 22.2 Å². The molecule has 1 saturated heterocycles. The lowest BCUT2D eigenvalue weighted by Gasteiger charge is -2.36. The van der Waals surface area contributed by atoms with Crippen molar-refractivity contribution in [2.24, 2.45) is 0 Å². The van der Waals surface area contributed by atoms with E-state index in [9.17, 15) is 4.79 Å². The van der Waals surface area contributed by atoms with Crippen LogP contribution in [-0.2, 0) is 0 Å². The van der Waals surface area contributed by atoms with Gasteiger partial charge >= 0.3 is 0 Å². The van der Waals surface area contributed by atoms with Crippen LogP contribution in [0.25, 0.3) is 0 Å². The van der Waals surface area contributed by atoms with E-state index in [2.05, 4.69) is 25.8 Å². The van der Waals surface area contributed by atoms with E-state index in [1.165, 1.54) is 6.07 Å². The molecule has 0 spiro atoms. The predicted octanol–water partition coefficient (Wildman–Crippen LogP) is 0.112. The fourth-order valence-corrected chi connectivity index (χ4v) is 2.15. The molecule has 1 aromatic heterocycles. The maximum Gasteiger partial charge on any atom is 0.252 e. The first-order chi connectivity index (χ1) is 8.60. The van der Waals surface area contributed by atoms with Crippen molar-refractivity contribution in [1.29, 1.82) is 5.26 Å². The normalized spacial score (nSPS) is 18.4. The van der Waals surface area contributed by atoms with Crippen LogP contribution in [0.2, 0.25) is 0 Å². The van der Waals surface area contributed by atoms with Gasteiger partial charge in [-0.25, -0.2) is 4.98 Å². The molecule has 0 amide bonds. The lowest BCUT2D eigenvalue weighted by Crippen LogP contribution is -2.49. The molecule has 0 saturated carbocycles. The molecule has 1 aliphatic heterocycles. The van der Waals surface area contributed by atoms with Crippen LogP contribution >= 0.6 is 0 Å². The number of hydrogen-bond donors (Lipinski definition) is 1. The molecule has 1 aliphatic rings. The van der Waals surface area contributed by atoms with E-state index in [-0.39, 0.29) is 11.6 Å². The van der Waals surface area contributed by atoms with Gasteiger partial charge in [-0.2, -0.15) is 5.26 Å². The molecule has 1 unspecified atom stereocenters. The Labute approximate surface area is 106 Å². The third-order valence-electron chi connectivity index (χ3n) is 3.22. The van der Waals surface area contributed by atoms with Crippen LogP contribution in [0, 0.1) is 18.3 Å². The number of aromatic nitrogens is 2. The topological polar surface area (TPSA) is 76.0 Å². The predicted molar refractivity (Wildman–Crippen MR) is 68.5 cm³/mol. The van der Waals surface area contributed by atoms with Crippen molar-refractivity contribution in [2.45, 2.75) is 19.9 Å². The van der Waals surface area contributed by atoms with Crippen LogP contribution < -0.4 is 10.5 Å². The van der Waals surface area contributed by atoms with Gasteiger partial charge in [-0.1, -0.05) is 0 Å². The fraction of sp³-hybridized carbons (Fsp3) is 0.583. The molecule has 6 heteroatoms. The van der Waals surface area contributed by atoms with Gasteiger partial charge in [-0.3, -0.25) is 9.69 Å². The summed E-state index contributed by atoms with van der Waals surface area (Å²) in [6.45, 7) is 6.92. The smallest absolute Gasteiger partial charge is 0.252 e. The second-order valence-corrected chi connectivity index (χ2v) is 4.52. The zero-order valence-corrected chi connectivity index (χ0v) is 10.7. The number of hydrogen-bond acceptors (Lipinski definition) is 5. The van der Waals surface area contributed by atoms with Gasteiger partial charge in [0.05, 0.1) is 12.1 Å². The van der Waals surface area contributed by atoms with Crippen molar-refractivity contribution >= 4 is 5.82 Å². The molecule has 1 aromatic rings. The number of nitrogens with zero attached hydrogens (tertiary/aromatic N) is 4. The molecule has 1 N–H and O–H groups in total. The van der Waals surface area contributed by atoms with Crippen molar-refractivity contribution in [1.82, 2.24) is 14.9 Å². The second kappa shape index (κ2) is 5.19. The Morgan fingerprint density at radius 1 is 1.44 bits per heavy atom. The van der Waals surface area contributed by atoms with E-state index in [1.807, 2.05) is 6.92 Å². The number of aryl methyl sites for hydroxylation is 1. The third-order valence-corrected chi connectivity index (χ3v) is 3.22. The molecule has 1 fully saturated rings. The maximum atomic E-state index is 11.4. The number of H-pyrrole nitrogens is 1. The molecule has 1 atom stereocenters. The van der Waals surface area contributed by atoms with Crippen molar-refractivity contribution < 1.29 is 0 Å². The summed E-state index contributed by atoms with van der Waals surface area (Å²) in [7, 11) is 0. The highest BCUT2D eigenvalue weighted by molar-refractivity contribution is 5.38. The van der Waals surface area contributed by atoms with E-state index in [1.54, 1.807) is 6.92 Å². The fourth-order valence-electron chi connectivity index (χ4n) is 2.15. The molecule has 2 heterocycles. The van der Waals surface area contributed by atoms with Gasteiger partial charge < -0.3 is 9.88 Å². The molecular formula is C12H17N5O. The van der Waals surface area contributed by atoms with E-state index in [4.69, 9.17) is 5.26 Å². The summed E-state index contributed by atoms with van der Waals surface area (Å²) in [5.41, 5.74) is -0.120. The molecule has 0 radical (unpaired) electrons. The van der Waals surface area contributed by atoms with E-state index < -0.39 is 0 Å². The lowest BCUT2D eigenvalue weighted by atomic mass is 10.2. The van der Waals surface area contributed by atoms with Crippen LogP contribution in [0.3, 0.4) is 0 Å². The first-order valence-corrected chi connectivity index (χ1v) is 6.07. The van der Waals surface area contributed by atoms with Gasteiger partial charge in [-0.15, -0.1) is 0 Å². The monoisotopic (exact) mass is 247 g/mol. The van der Waals surface area contributed by atoms with Crippen LogP contribution in [0.1, 0.15) is 12.7 Å². The Kier molecular flexibility index (Phi) is 3.63. The molecule has 18 heavy (non-hydrogen) atoms. The largest absolute Gasteiger partial charge is 0.354 e. The minimum atomic E-state index is -0.120. The Morgan fingerprint density at radius 2 is 2.11 bits per heavy atom. The average molecular weight is 247 g/mol. The minimum Gasteiger partial charge on any atom is -0.354 e. The van der Waals surface area contributed by atoms with Crippen LogP contribution in [-0.4, -0.2) is 47.1 Å². The van der Waals surface area contributed by atoms with Gasteiger partial charge in [0.1, 0.15) is 11.6 Å². The molecule has 0 aliphatic carbocycles. The quantitative estimate of drug-likeness (QED) is 0.803. The van der Waals surface area contributed by atoms with Gasteiger partial charge in [0, 0.05) is 32.2 Å². The van der Waals surface area contributed by atoms with Crippen LogP contribution in [0.5, 0.6) is 0 Å². The molecule has 96 valence electrons. The number of rotatable bonds is 2. The average Bonchev–Trinajstić information content (AvgIpc) is 2.37. The van der Waals surface area contributed by atoms with E-state index in [0.717, 1.165) is 32.0 Å². The summed E-state index contributed by atoms with van der Waals surface area (Å²) in [6, 6.07) is 3.71. The maximum absolute atomic E-state index is 11.4. The summed E-state index contributed by atoms with van der Waals surface area (Å²) in [4.78, 5) is 22.6. The number of anilines is 1. The van der Waals surface area contributed by atoms with E-state index >= 15 is 0 Å². The molecule has 0 bridgehead atoms. The summed E-state index contributed by atoms with van der Waals surface area (Å²) >= 11 is 0. The Hall–Kier alpha value is -1.87. The first kappa shape index (κ1) is 12.6. The van der Waals surface area contributed by atoms with E-state index in [0.29, 0.717) is 5.82 Å². The lowest BCUT2D eigenvalue weighted by molar-refractivity contribution is 0.231. The van der Waals surface area contributed by atoms with Crippen LogP contribution in [0.15, 0.2) is 10.9 Å². The van der Waals surface area contributed by atoms with Gasteiger partial charge in [0.25, 0.3) is 5.56 Å². The molecule has 2 rings (SSSR count). The van der Waals surface area contributed by atoms with Crippen LogP contribution in [0.4, 0.5) is 5.82 Å². The molecule has 6 nitrogen and oxygen atoms in total. The zero-order valence-electron chi connectivity index (χ0n) is 10.7. The number of piperazine rings is 1. The second-order valence-electron chi connectivity index (χ2n) is 4.52. The molecule has 0 aromatic carbocycles. The van der Waals surface area contributed by atoms with Crippen molar-refractivity contribution in [3.63, 3.8) is 0 Å². The van der Waals surface area contributed by atoms with Gasteiger partial charge in [-0.05, 0) is 13.8 Å². The van der Waals surface area contributed by atoms with Gasteiger partial charge in [0.2, 0.25) is 0 Å². The van der Waals surface area contributed by atoms with Crippen molar-refractivity contribution in [2.75, 3.05) is 31.1 Å². The summed E-state index contributed by atoms with van der Waals surface area (Å²) in [6.07, 6.45) is 0. The minimum absolute atomic E-state index is 0.0546. The Bertz CT molecular complexity index is 510. The Morgan fingerprint density at radius 3 is 2.67 bits per heavy atom. The summed E-state index contributed by atoms with van der Waals surface area (Å²) in [5.74, 6) is 1.35. The highest BCUT2D eigenvalue weighted by Gasteiger charge is 2.21. The number of aromatic amines is 1. The Balaban J connectivity index is 2.06. The number of nitriles is 1. The standard InChI is InChI=1S/C12H17N5O/c1-9(8-13)16-3-5-17(6-4-16)11-7-12(18)15-10(2)14-11/h7,9H,3-6H2,1-2H3,(H,14,15,18). The zero-order chi connectivity index (χ0) is 13.1. The van der Waals surface area contributed by atoms with Crippen molar-refractivity contribution in [3.8, 4) is 6.07 Å². The number of nitrogens with one attached hydrogen (secondary N) is 1. The SMILES string of the molecule is Cc1nc(N2CCN(C(C)C#N)CC2)cc(=O)[nH]1. The highest BCUT2D eigenvalue weighted by Crippen LogP contribution is 2.12. The third kappa shape index (κ3) is 2.68. The first-order valence-electron chi connectivity index (χ1n) is 6.07. The summed E-state index contributed by atoms with van der Waals surface area (Å²) < 4.78 is 0. The summed E-state index contributed by atoms with van der Waals surface area (Å²) in [5, 5.41) is 8.88. The molecular weight excluding hydrogens is 230 g/mol. The highest BCUT2D eigenvalue weighted by atomic mass is 16.1. The van der Waals surface area contributed by atoms with Gasteiger partial charge in [0.15, 0.2) is 0 Å².